The Morgan fingerprint density at radius 3 is 2.78 bits per heavy atom. The number of allylic oxidation sites excluding steroid dienone is 1. The summed E-state index contributed by atoms with van der Waals surface area (Å²) in [7, 11) is 0. The molecular weight excluding hydrogens is 369 g/mol. The molecule has 2 aromatic carbocycles. The highest BCUT2D eigenvalue weighted by atomic mass is 35.5. The Labute approximate surface area is 162 Å². The molecule has 0 bridgehead atoms. The van der Waals surface area contributed by atoms with Gasteiger partial charge >= 0.3 is 0 Å². The van der Waals surface area contributed by atoms with Gasteiger partial charge in [-0.15, -0.1) is 0 Å². The minimum Gasteiger partial charge on any atom is -0.477 e. The molecule has 0 spiro atoms. The molecule has 0 saturated carbocycles. The zero-order chi connectivity index (χ0) is 19.3. The molecule has 0 aliphatic carbocycles. The summed E-state index contributed by atoms with van der Waals surface area (Å²) in [4.78, 5) is 15.0. The number of fused-ring (bicyclic) bond motifs is 2. The lowest BCUT2D eigenvalue weighted by Gasteiger charge is -2.32. The van der Waals surface area contributed by atoms with E-state index in [0.717, 1.165) is 16.9 Å². The summed E-state index contributed by atoms with van der Waals surface area (Å²) in [6, 6.07) is 6.53. The van der Waals surface area contributed by atoms with Gasteiger partial charge < -0.3 is 9.47 Å². The largest absolute Gasteiger partial charge is 0.477 e. The maximum Gasteiger partial charge on any atom is 0.231 e. The number of carbonyl (C=O) groups is 1. The summed E-state index contributed by atoms with van der Waals surface area (Å²) in [5.41, 5.74) is 2.34. The molecule has 4 rings (SSSR count). The van der Waals surface area contributed by atoms with Gasteiger partial charge in [-0.2, -0.15) is 0 Å². The molecule has 4 nitrogen and oxygen atoms in total. The number of carbonyl (C=O) groups excluding carboxylic acids is 1. The first-order valence-corrected chi connectivity index (χ1v) is 9.16. The molecule has 2 aromatic rings. The van der Waals surface area contributed by atoms with E-state index in [2.05, 4.69) is 18.7 Å². The number of nitrogens with zero attached hydrogens (tertiary/aromatic N) is 1. The van der Waals surface area contributed by atoms with Crippen LogP contribution in [-0.2, 0) is 6.54 Å². The number of ketones is 1. The molecule has 2 aliphatic rings. The molecule has 27 heavy (non-hydrogen) atoms. The van der Waals surface area contributed by atoms with Crippen LogP contribution in [0.1, 0.15) is 40.9 Å². The Balaban J connectivity index is 1.75. The van der Waals surface area contributed by atoms with E-state index in [1.165, 1.54) is 18.2 Å². The summed E-state index contributed by atoms with van der Waals surface area (Å²) >= 11 is 6.07. The molecule has 0 unspecified atom stereocenters. The van der Waals surface area contributed by atoms with Crippen LogP contribution in [0.3, 0.4) is 0 Å². The summed E-state index contributed by atoms with van der Waals surface area (Å²) in [6.45, 7) is 7.26. The van der Waals surface area contributed by atoms with Gasteiger partial charge in [-0.1, -0.05) is 17.7 Å². The highest BCUT2D eigenvalue weighted by Crippen LogP contribution is 2.43. The average Bonchev–Trinajstić information content (AvgIpc) is 2.94. The molecule has 0 saturated heterocycles. The Kier molecular flexibility index (Phi) is 4.44. The zero-order valence-corrected chi connectivity index (χ0v) is 16.1. The minimum atomic E-state index is -0.505. The molecule has 0 radical (unpaired) electrons. The van der Waals surface area contributed by atoms with Crippen LogP contribution >= 0.6 is 11.6 Å². The lowest BCUT2D eigenvalue weighted by Crippen LogP contribution is -2.37. The van der Waals surface area contributed by atoms with Crippen molar-refractivity contribution >= 4 is 23.5 Å². The van der Waals surface area contributed by atoms with Crippen LogP contribution in [0.25, 0.3) is 6.08 Å². The van der Waals surface area contributed by atoms with Gasteiger partial charge in [0.1, 0.15) is 24.0 Å². The SMILES string of the molecule is Cc1c2c(cc3c1O/C(=C\c1c(F)cccc1Cl)C3=O)CN(C(C)C)CO2. The first kappa shape index (κ1) is 18.0. The van der Waals surface area contributed by atoms with Gasteiger partial charge in [0, 0.05) is 29.3 Å². The van der Waals surface area contributed by atoms with Crippen molar-refractivity contribution in [2.24, 2.45) is 0 Å². The molecule has 0 N–H and O–H groups in total. The number of Topliss-reactive ketones (excluding diaryl/α,β-unsaturated/α-hetero) is 1. The van der Waals surface area contributed by atoms with Crippen LogP contribution in [0.5, 0.6) is 11.5 Å². The predicted octanol–water partition coefficient (Wildman–Crippen LogP) is 4.96. The van der Waals surface area contributed by atoms with Crippen LogP contribution in [0.15, 0.2) is 30.0 Å². The Bertz CT molecular complexity index is 964. The van der Waals surface area contributed by atoms with Crippen LogP contribution in [0.4, 0.5) is 4.39 Å². The van der Waals surface area contributed by atoms with Crippen molar-refractivity contribution in [3.8, 4) is 11.5 Å². The van der Waals surface area contributed by atoms with Crippen molar-refractivity contribution in [1.29, 1.82) is 0 Å². The molecule has 0 amide bonds. The van der Waals surface area contributed by atoms with E-state index in [4.69, 9.17) is 21.1 Å². The highest BCUT2D eigenvalue weighted by molar-refractivity contribution is 6.32. The molecular formula is C21H19ClFNO3. The maximum absolute atomic E-state index is 14.1. The average molecular weight is 388 g/mol. The standard InChI is InChI=1S/C21H19ClFNO3/c1-11(2)24-9-13-7-15-19(25)18(8-14-16(22)5-4-6-17(14)23)27-21(15)12(3)20(13)26-10-24/h4-8,11H,9-10H2,1-3H3/b18-8-. The predicted molar refractivity (Wildman–Crippen MR) is 102 cm³/mol. The van der Waals surface area contributed by atoms with E-state index in [-0.39, 0.29) is 22.1 Å². The lowest BCUT2D eigenvalue weighted by atomic mass is 9.99. The van der Waals surface area contributed by atoms with Crippen LogP contribution < -0.4 is 9.47 Å². The van der Waals surface area contributed by atoms with Gasteiger partial charge in [0.15, 0.2) is 5.76 Å². The summed E-state index contributed by atoms with van der Waals surface area (Å²) in [5, 5.41) is 0.224. The Hall–Kier alpha value is -2.37. The van der Waals surface area contributed by atoms with Gasteiger partial charge in [0.25, 0.3) is 0 Å². The number of hydrogen-bond acceptors (Lipinski definition) is 4. The molecule has 2 heterocycles. The van der Waals surface area contributed by atoms with Crippen LogP contribution in [-0.4, -0.2) is 23.5 Å². The Morgan fingerprint density at radius 2 is 2.07 bits per heavy atom. The van der Waals surface area contributed by atoms with E-state index in [1.54, 1.807) is 6.07 Å². The summed E-state index contributed by atoms with van der Waals surface area (Å²) in [5.74, 6) is 0.494. The number of halogens is 2. The smallest absolute Gasteiger partial charge is 0.231 e. The van der Waals surface area contributed by atoms with E-state index in [0.29, 0.717) is 30.6 Å². The number of ether oxygens (including phenoxy) is 2. The van der Waals surface area contributed by atoms with E-state index in [1.807, 2.05) is 13.0 Å². The summed E-state index contributed by atoms with van der Waals surface area (Å²) in [6.07, 6.45) is 1.36. The molecule has 0 aromatic heterocycles. The highest BCUT2D eigenvalue weighted by Gasteiger charge is 2.34. The first-order valence-electron chi connectivity index (χ1n) is 8.78. The molecule has 6 heteroatoms. The molecule has 2 aliphatic heterocycles. The van der Waals surface area contributed by atoms with Crippen molar-refractivity contribution in [2.75, 3.05) is 6.73 Å². The lowest BCUT2D eigenvalue weighted by molar-refractivity contribution is 0.0678. The van der Waals surface area contributed by atoms with Crippen molar-refractivity contribution in [3.63, 3.8) is 0 Å². The number of rotatable bonds is 2. The summed E-state index contributed by atoms with van der Waals surface area (Å²) < 4.78 is 25.8. The maximum atomic E-state index is 14.1. The van der Waals surface area contributed by atoms with Crippen LogP contribution in [0.2, 0.25) is 5.02 Å². The normalized spacial score (nSPS) is 17.7. The third-order valence-electron chi connectivity index (χ3n) is 4.97. The van der Waals surface area contributed by atoms with Gasteiger partial charge in [-0.05, 0) is 45.0 Å². The van der Waals surface area contributed by atoms with E-state index >= 15 is 0 Å². The number of hydrogen-bond donors (Lipinski definition) is 0. The zero-order valence-electron chi connectivity index (χ0n) is 15.3. The molecule has 0 fully saturated rings. The molecule has 0 atom stereocenters. The molecule has 140 valence electrons. The van der Waals surface area contributed by atoms with Crippen molar-refractivity contribution in [2.45, 2.75) is 33.4 Å². The van der Waals surface area contributed by atoms with Gasteiger partial charge in [0.2, 0.25) is 5.78 Å². The number of benzene rings is 2. The topological polar surface area (TPSA) is 38.8 Å². The fraction of sp³-hybridized carbons (Fsp3) is 0.286. The third-order valence-corrected chi connectivity index (χ3v) is 5.30. The second-order valence-electron chi connectivity index (χ2n) is 7.06. The van der Waals surface area contributed by atoms with E-state index in [9.17, 15) is 9.18 Å². The van der Waals surface area contributed by atoms with Crippen LogP contribution in [0, 0.1) is 12.7 Å². The Morgan fingerprint density at radius 1 is 1.30 bits per heavy atom. The van der Waals surface area contributed by atoms with E-state index < -0.39 is 5.82 Å². The third kappa shape index (κ3) is 3.01. The van der Waals surface area contributed by atoms with Gasteiger partial charge in [-0.25, -0.2) is 4.39 Å². The second-order valence-corrected chi connectivity index (χ2v) is 7.46. The van der Waals surface area contributed by atoms with Gasteiger partial charge in [0.05, 0.1) is 10.6 Å². The van der Waals surface area contributed by atoms with Crippen molar-refractivity contribution in [3.05, 3.63) is 63.1 Å². The monoisotopic (exact) mass is 387 g/mol. The fourth-order valence-electron chi connectivity index (χ4n) is 3.38. The minimum absolute atomic E-state index is 0.0585. The fourth-order valence-corrected chi connectivity index (χ4v) is 3.59. The second kappa shape index (κ2) is 6.66. The van der Waals surface area contributed by atoms with Crippen molar-refractivity contribution < 1.29 is 18.7 Å². The first-order chi connectivity index (χ1) is 12.9. The quantitative estimate of drug-likeness (QED) is 0.682. The van der Waals surface area contributed by atoms with Crippen molar-refractivity contribution in [1.82, 2.24) is 4.90 Å². The van der Waals surface area contributed by atoms with Gasteiger partial charge in [-0.3, -0.25) is 9.69 Å².